The van der Waals surface area contributed by atoms with Gasteiger partial charge >= 0.3 is 0 Å². The van der Waals surface area contributed by atoms with Gasteiger partial charge < -0.3 is 14.6 Å². The van der Waals surface area contributed by atoms with Crippen LogP contribution in [0.3, 0.4) is 0 Å². The van der Waals surface area contributed by atoms with Crippen LogP contribution >= 0.6 is 11.6 Å². The topological polar surface area (TPSA) is 56.2 Å². The van der Waals surface area contributed by atoms with Crippen molar-refractivity contribution in [2.24, 2.45) is 0 Å². The molecule has 1 aromatic heterocycles. The van der Waals surface area contributed by atoms with E-state index in [-0.39, 0.29) is 24.8 Å². The number of benzene rings is 2. The number of hydrogen-bond donors (Lipinski definition) is 1. The maximum atomic E-state index is 14.3. The first kappa shape index (κ1) is 17.9. The van der Waals surface area contributed by atoms with Gasteiger partial charge in [0.15, 0.2) is 0 Å². The van der Waals surface area contributed by atoms with E-state index in [1.165, 1.54) is 6.07 Å². The predicted octanol–water partition coefficient (Wildman–Crippen LogP) is 3.67. The summed E-state index contributed by atoms with van der Waals surface area (Å²) in [6, 6.07) is 12.2. The summed E-state index contributed by atoms with van der Waals surface area (Å²) in [6.45, 7) is 1.08. The van der Waals surface area contributed by atoms with Gasteiger partial charge in [-0.25, -0.2) is 9.37 Å². The molecule has 1 amide bonds. The van der Waals surface area contributed by atoms with Crippen LogP contribution in [0.2, 0.25) is 5.02 Å². The maximum Gasteiger partial charge on any atom is 0.249 e. The van der Waals surface area contributed by atoms with Crippen molar-refractivity contribution in [3.8, 4) is 0 Å². The molecule has 3 aromatic rings. The number of fused-ring (bicyclic) bond motifs is 1. The molecule has 0 spiro atoms. The average Bonchev–Trinajstić information content (AvgIpc) is 3.31. The lowest BCUT2D eigenvalue weighted by Crippen LogP contribution is -2.34. The van der Waals surface area contributed by atoms with E-state index in [0.29, 0.717) is 23.0 Å². The van der Waals surface area contributed by atoms with E-state index in [0.717, 1.165) is 23.9 Å². The highest BCUT2D eigenvalue weighted by atomic mass is 35.5. The molecule has 1 fully saturated rings. The molecule has 2 aromatic carbocycles. The normalized spacial score (nSPS) is 16.7. The molecule has 2 heterocycles. The fourth-order valence-electron chi connectivity index (χ4n) is 3.34. The summed E-state index contributed by atoms with van der Waals surface area (Å²) in [7, 11) is 0. The summed E-state index contributed by atoms with van der Waals surface area (Å²) in [5.74, 6) is 0.131. The Labute approximate surface area is 161 Å². The summed E-state index contributed by atoms with van der Waals surface area (Å²) < 4.78 is 21.6. The molecule has 1 saturated heterocycles. The first-order valence-corrected chi connectivity index (χ1v) is 9.27. The van der Waals surface area contributed by atoms with Crippen LogP contribution in [0.4, 0.5) is 4.39 Å². The molecule has 5 nitrogen and oxygen atoms in total. The molecule has 1 atom stereocenters. The molecule has 140 valence electrons. The molecule has 0 radical (unpaired) electrons. The van der Waals surface area contributed by atoms with Crippen LogP contribution in [0.1, 0.15) is 24.2 Å². The third kappa shape index (κ3) is 3.68. The third-order valence-electron chi connectivity index (χ3n) is 4.75. The molecule has 0 bridgehead atoms. The Balaban J connectivity index is 1.64. The van der Waals surface area contributed by atoms with Crippen molar-refractivity contribution in [1.82, 2.24) is 14.9 Å². The largest absolute Gasteiger partial charge is 0.368 e. The molecular formula is C20H19ClFN3O2. The first-order valence-electron chi connectivity index (χ1n) is 8.90. The van der Waals surface area contributed by atoms with Crippen molar-refractivity contribution in [1.29, 1.82) is 0 Å². The number of nitrogens with one attached hydrogen (secondary N) is 1. The van der Waals surface area contributed by atoms with Crippen LogP contribution in [0.5, 0.6) is 0 Å². The fourth-order valence-corrected chi connectivity index (χ4v) is 3.57. The van der Waals surface area contributed by atoms with Crippen molar-refractivity contribution in [3.05, 3.63) is 64.7 Å². The highest BCUT2D eigenvalue weighted by Crippen LogP contribution is 2.24. The summed E-state index contributed by atoms with van der Waals surface area (Å²) in [6.07, 6.45) is 1.22. The molecule has 0 saturated carbocycles. The number of rotatable bonds is 5. The van der Waals surface area contributed by atoms with Crippen LogP contribution in [0.15, 0.2) is 42.5 Å². The van der Waals surface area contributed by atoms with Gasteiger partial charge in [0, 0.05) is 17.2 Å². The summed E-state index contributed by atoms with van der Waals surface area (Å²) >= 11 is 6.20. The number of aromatic nitrogens is 2. The minimum atomic E-state index is -0.399. The van der Waals surface area contributed by atoms with E-state index in [2.05, 4.69) is 10.3 Å². The zero-order valence-electron chi connectivity index (χ0n) is 14.6. The lowest BCUT2D eigenvalue weighted by atomic mass is 10.2. The summed E-state index contributed by atoms with van der Waals surface area (Å²) in [5.41, 5.74) is 2.04. The third-order valence-corrected chi connectivity index (χ3v) is 5.11. The molecular weight excluding hydrogens is 369 g/mol. The Morgan fingerprint density at radius 2 is 2.15 bits per heavy atom. The minimum absolute atomic E-state index is 0.143. The molecule has 4 rings (SSSR count). The first-order chi connectivity index (χ1) is 13.1. The van der Waals surface area contributed by atoms with E-state index in [9.17, 15) is 9.18 Å². The molecule has 1 aliphatic heterocycles. The highest BCUT2D eigenvalue weighted by Gasteiger charge is 2.24. The van der Waals surface area contributed by atoms with Gasteiger partial charge in [-0.3, -0.25) is 4.79 Å². The van der Waals surface area contributed by atoms with Gasteiger partial charge in [0.25, 0.3) is 0 Å². The Morgan fingerprint density at radius 1 is 1.30 bits per heavy atom. The van der Waals surface area contributed by atoms with Crippen molar-refractivity contribution in [2.75, 3.05) is 6.61 Å². The van der Waals surface area contributed by atoms with Crippen LogP contribution in [-0.2, 0) is 22.6 Å². The molecule has 0 aliphatic carbocycles. The number of imidazole rings is 1. The molecule has 1 aliphatic rings. The number of ether oxygens (including phenoxy) is 1. The van der Waals surface area contributed by atoms with E-state index in [1.807, 2.05) is 28.8 Å². The monoisotopic (exact) mass is 387 g/mol. The second-order valence-electron chi connectivity index (χ2n) is 6.52. The van der Waals surface area contributed by atoms with Gasteiger partial charge in [-0.1, -0.05) is 29.8 Å². The van der Waals surface area contributed by atoms with Gasteiger partial charge in [-0.2, -0.15) is 0 Å². The molecule has 1 unspecified atom stereocenters. The lowest BCUT2D eigenvalue weighted by molar-refractivity contribution is -0.130. The number of hydrogen-bond acceptors (Lipinski definition) is 3. The van der Waals surface area contributed by atoms with E-state index < -0.39 is 6.10 Å². The predicted molar refractivity (Wildman–Crippen MR) is 101 cm³/mol. The molecule has 1 N–H and O–H groups in total. The highest BCUT2D eigenvalue weighted by molar-refractivity contribution is 6.31. The Kier molecular flexibility index (Phi) is 5.09. The number of nitrogens with zero attached hydrogens (tertiary/aromatic N) is 2. The van der Waals surface area contributed by atoms with Gasteiger partial charge in [0.2, 0.25) is 5.91 Å². The van der Waals surface area contributed by atoms with Crippen molar-refractivity contribution in [2.45, 2.75) is 32.0 Å². The number of carbonyl (C=O) groups excluding carboxylic acids is 1. The Bertz CT molecular complexity index is 962. The standard InChI is InChI=1S/C20H19ClFN3O2/c21-14-5-3-6-15(22)13(14)12-25-17-8-2-1-7-16(17)24-19(25)11-23-20(26)18-9-4-10-27-18/h1-3,5-8,18H,4,9-12H2,(H,23,26). The quantitative estimate of drug-likeness (QED) is 0.726. The number of amides is 1. The zero-order valence-corrected chi connectivity index (χ0v) is 15.4. The summed E-state index contributed by atoms with van der Waals surface area (Å²) in [5, 5.41) is 3.25. The lowest BCUT2D eigenvalue weighted by Gasteiger charge is -2.13. The van der Waals surface area contributed by atoms with Crippen LogP contribution < -0.4 is 5.32 Å². The minimum Gasteiger partial charge on any atom is -0.368 e. The van der Waals surface area contributed by atoms with Gasteiger partial charge in [0.05, 0.1) is 24.1 Å². The van der Waals surface area contributed by atoms with E-state index in [1.54, 1.807) is 12.1 Å². The van der Waals surface area contributed by atoms with Gasteiger partial charge in [-0.15, -0.1) is 0 Å². The second-order valence-corrected chi connectivity index (χ2v) is 6.93. The average molecular weight is 388 g/mol. The van der Waals surface area contributed by atoms with Crippen LogP contribution in [0.25, 0.3) is 11.0 Å². The van der Waals surface area contributed by atoms with Crippen LogP contribution in [-0.4, -0.2) is 28.2 Å². The Hall–Kier alpha value is -2.44. The smallest absolute Gasteiger partial charge is 0.249 e. The van der Waals surface area contributed by atoms with Crippen molar-refractivity contribution < 1.29 is 13.9 Å². The molecule has 7 heteroatoms. The van der Waals surface area contributed by atoms with Crippen molar-refractivity contribution >= 4 is 28.5 Å². The number of carbonyl (C=O) groups is 1. The second kappa shape index (κ2) is 7.66. The maximum absolute atomic E-state index is 14.3. The van der Waals surface area contributed by atoms with Gasteiger partial charge in [-0.05, 0) is 37.1 Å². The fraction of sp³-hybridized carbons (Fsp3) is 0.300. The number of halogens is 2. The molecule has 27 heavy (non-hydrogen) atoms. The Morgan fingerprint density at radius 3 is 2.93 bits per heavy atom. The zero-order chi connectivity index (χ0) is 18.8. The number of para-hydroxylation sites is 2. The van der Waals surface area contributed by atoms with E-state index >= 15 is 0 Å². The van der Waals surface area contributed by atoms with Crippen molar-refractivity contribution in [3.63, 3.8) is 0 Å². The van der Waals surface area contributed by atoms with Crippen LogP contribution in [0, 0.1) is 5.82 Å². The summed E-state index contributed by atoms with van der Waals surface area (Å²) in [4.78, 5) is 16.9. The van der Waals surface area contributed by atoms with Gasteiger partial charge in [0.1, 0.15) is 17.7 Å². The SMILES string of the molecule is O=C(NCc1nc2ccccc2n1Cc1c(F)cccc1Cl)C1CCCO1. The van der Waals surface area contributed by atoms with E-state index in [4.69, 9.17) is 16.3 Å².